The molecule has 1 N–H and O–H groups in total. The third kappa shape index (κ3) is 4.23. The summed E-state index contributed by atoms with van der Waals surface area (Å²) in [6.07, 6.45) is 0.591. The molecule has 1 unspecified atom stereocenters. The smallest absolute Gasteiger partial charge is 0.315 e. The van der Waals surface area contributed by atoms with E-state index in [1.807, 2.05) is 26.0 Å². The number of hydrogen-bond donors (Lipinski definition) is 1. The van der Waals surface area contributed by atoms with Gasteiger partial charge in [0.15, 0.2) is 0 Å². The van der Waals surface area contributed by atoms with E-state index in [0.29, 0.717) is 45.4 Å². The fraction of sp³-hybridized carbons (Fsp3) is 0.286. The van der Waals surface area contributed by atoms with Gasteiger partial charge in [0.25, 0.3) is 5.56 Å². The van der Waals surface area contributed by atoms with Crippen LogP contribution in [-0.2, 0) is 7.05 Å². The average Bonchev–Trinajstić information content (AvgIpc) is 2.71. The maximum atomic E-state index is 13.0. The third-order valence-corrected chi connectivity index (χ3v) is 5.40. The van der Waals surface area contributed by atoms with Gasteiger partial charge in [0.1, 0.15) is 5.82 Å². The first-order chi connectivity index (χ1) is 13.9. The summed E-state index contributed by atoms with van der Waals surface area (Å²) in [6.45, 7) is 4.26. The first-order valence-electron chi connectivity index (χ1n) is 9.35. The Morgan fingerprint density at radius 3 is 2.59 bits per heavy atom. The minimum absolute atomic E-state index is 0.138. The number of aromatic nitrogens is 2. The van der Waals surface area contributed by atoms with Gasteiger partial charge >= 0.3 is 6.03 Å². The quantitative estimate of drug-likeness (QED) is 0.598. The zero-order valence-electron chi connectivity index (χ0n) is 16.4. The van der Waals surface area contributed by atoms with Crippen molar-refractivity contribution in [3.05, 3.63) is 68.7 Å². The van der Waals surface area contributed by atoms with Gasteiger partial charge < -0.3 is 10.2 Å². The topological polar surface area (TPSA) is 67.2 Å². The van der Waals surface area contributed by atoms with Crippen LogP contribution in [0.15, 0.2) is 47.3 Å². The van der Waals surface area contributed by atoms with Gasteiger partial charge in [-0.2, -0.15) is 0 Å². The molecule has 8 heteroatoms. The number of nitrogens with zero attached hydrogens (tertiary/aromatic N) is 3. The Bertz CT molecular complexity index is 1110. The molecule has 3 aromatic rings. The molecule has 29 heavy (non-hydrogen) atoms. The number of para-hydroxylation sites is 1. The molecule has 0 fully saturated rings. The van der Waals surface area contributed by atoms with Crippen molar-refractivity contribution in [1.82, 2.24) is 14.5 Å². The number of nitrogens with one attached hydrogen (secondary N) is 1. The Labute approximate surface area is 179 Å². The van der Waals surface area contributed by atoms with Gasteiger partial charge in [0.2, 0.25) is 0 Å². The van der Waals surface area contributed by atoms with Crippen molar-refractivity contribution < 1.29 is 4.79 Å². The van der Waals surface area contributed by atoms with Crippen molar-refractivity contribution in [3.63, 3.8) is 0 Å². The standard InChI is InChI=1S/C21H22Cl2N4O2/c1-4-18(19-24-16-9-7-6-8-14(16)20(28)26(19)3)27(5-2)21(29)25-17-11-10-13(22)12-15(17)23/h6-12,18H,4-5H2,1-3H3,(H,25,29). The highest BCUT2D eigenvalue weighted by Gasteiger charge is 2.27. The molecule has 0 radical (unpaired) electrons. The van der Waals surface area contributed by atoms with Crippen LogP contribution in [0.25, 0.3) is 10.9 Å². The number of carbonyl (C=O) groups excluding carboxylic acids is 1. The molecule has 2 aromatic carbocycles. The number of benzene rings is 2. The maximum Gasteiger partial charge on any atom is 0.322 e. The Morgan fingerprint density at radius 1 is 1.21 bits per heavy atom. The van der Waals surface area contributed by atoms with Crippen molar-refractivity contribution in [2.75, 3.05) is 11.9 Å². The number of hydrogen-bond acceptors (Lipinski definition) is 3. The van der Waals surface area contributed by atoms with Crippen molar-refractivity contribution in [2.24, 2.45) is 7.05 Å². The van der Waals surface area contributed by atoms with Crippen molar-refractivity contribution in [3.8, 4) is 0 Å². The molecule has 1 aromatic heterocycles. The summed E-state index contributed by atoms with van der Waals surface area (Å²) in [6, 6.07) is 11.4. The van der Waals surface area contributed by atoms with Crippen LogP contribution in [0.2, 0.25) is 10.0 Å². The summed E-state index contributed by atoms with van der Waals surface area (Å²) in [5.41, 5.74) is 0.942. The van der Waals surface area contributed by atoms with E-state index in [2.05, 4.69) is 5.32 Å². The van der Waals surface area contributed by atoms with E-state index in [9.17, 15) is 9.59 Å². The SMILES string of the molecule is CCC(c1nc2ccccc2c(=O)n1C)N(CC)C(=O)Nc1ccc(Cl)cc1Cl. The second kappa shape index (κ2) is 8.84. The molecule has 0 aliphatic carbocycles. The lowest BCUT2D eigenvalue weighted by atomic mass is 10.1. The molecular weight excluding hydrogens is 411 g/mol. The fourth-order valence-corrected chi connectivity index (χ4v) is 3.81. The normalized spacial score (nSPS) is 12.0. The van der Waals surface area contributed by atoms with E-state index >= 15 is 0 Å². The van der Waals surface area contributed by atoms with E-state index in [1.54, 1.807) is 42.3 Å². The molecule has 0 spiro atoms. The van der Waals surface area contributed by atoms with Crippen LogP contribution >= 0.6 is 23.2 Å². The molecule has 152 valence electrons. The average molecular weight is 433 g/mol. The molecule has 1 atom stereocenters. The number of carbonyl (C=O) groups is 1. The Balaban J connectivity index is 1.99. The van der Waals surface area contributed by atoms with Crippen LogP contribution in [0, 0.1) is 0 Å². The third-order valence-electron chi connectivity index (χ3n) is 4.85. The molecule has 0 saturated heterocycles. The van der Waals surface area contributed by atoms with Crippen molar-refractivity contribution in [1.29, 1.82) is 0 Å². The summed E-state index contributed by atoms with van der Waals surface area (Å²) in [7, 11) is 1.68. The summed E-state index contributed by atoms with van der Waals surface area (Å²) >= 11 is 12.1. The van der Waals surface area contributed by atoms with E-state index in [-0.39, 0.29) is 17.6 Å². The highest BCUT2D eigenvalue weighted by atomic mass is 35.5. The first kappa shape index (κ1) is 21.1. The Hall–Kier alpha value is -2.57. The number of anilines is 1. The van der Waals surface area contributed by atoms with Crippen LogP contribution in [0.3, 0.4) is 0 Å². The zero-order chi connectivity index (χ0) is 21.1. The van der Waals surface area contributed by atoms with Gasteiger partial charge in [-0.05, 0) is 43.7 Å². The molecule has 2 amide bonds. The molecule has 1 heterocycles. The highest BCUT2D eigenvalue weighted by molar-refractivity contribution is 6.36. The van der Waals surface area contributed by atoms with Crippen LogP contribution in [0.5, 0.6) is 0 Å². The molecule has 0 aliphatic heterocycles. The summed E-state index contributed by atoms with van der Waals surface area (Å²) < 4.78 is 1.52. The van der Waals surface area contributed by atoms with E-state index < -0.39 is 0 Å². The maximum absolute atomic E-state index is 13.0. The fourth-order valence-electron chi connectivity index (χ4n) is 3.36. The summed E-state index contributed by atoms with van der Waals surface area (Å²) in [4.78, 5) is 32.1. The van der Waals surface area contributed by atoms with Gasteiger partial charge in [-0.15, -0.1) is 0 Å². The molecular formula is C21H22Cl2N4O2. The van der Waals surface area contributed by atoms with Crippen LogP contribution in [0.4, 0.5) is 10.5 Å². The minimum atomic E-state index is -0.381. The number of amides is 2. The second-order valence-corrected chi connectivity index (χ2v) is 7.46. The Morgan fingerprint density at radius 2 is 1.93 bits per heavy atom. The summed E-state index contributed by atoms with van der Waals surface area (Å²) in [5, 5.41) is 4.22. The first-order valence-corrected chi connectivity index (χ1v) is 10.1. The predicted molar refractivity (Wildman–Crippen MR) is 118 cm³/mol. The van der Waals surface area contributed by atoms with E-state index in [0.717, 1.165) is 0 Å². The van der Waals surface area contributed by atoms with Gasteiger partial charge in [0.05, 0.1) is 27.7 Å². The minimum Gasteiger partial charge on any atom is -0.315 e. The van der Waals surface area contributed by atoms with Crippen LogP contribution in [0.1, 0.15) is 32.1 Å². The zero-order valence-corrected chi connectivity index (χ0v) is 18.0. The van der Waals surface area contributed by atoms with Crippen LogP contribution in [-0.4, -0.2) is 27.0 Å². The lowest BCUT2D eigenvalue weighted by Crippen LogP contribution is -2.40. The lowest BCUT2D eigenvalue weighted by molar-refractivity contribution is 0.185. The molecule has 0 aliphatic rings. The van der Waals surface area contributed by atoms with Gasteiger partial charge in [-0.25, -0.2) is 9.78 Å². The number of urea groups is 1. The molecule has 3 rings (SSSR count). The summed E-state index contributed by atoms with van der Waals surface area (Å²) in [5.74, 6) is 0.537. The number of halogens is 2. The predicted octanol–water partition coefficient (Wildman–Crippen LogP) is 5.25. The lowest BCUT2D eigenvalue weighted by Gasteiger charge is -2.31. The largest absolute Gasteiger partial charge is 0.322 e. The van der Waals surface area contributed by atoms with E-state index in [4.69, 9.17) is 28.2 Å². The Kier molecular flexibility index (Phi) is 6.45. The number of rotatable bonds is 5. The molecule has 0 saturated carbocycles. The molecule has 6 nitrogen and oxygen atoms in total. The van der Waals surface area contributed by atoms with Gasteiger partial charge in [0, 0.05) is 18.6 Å². The molecule has 0 bridgehead atoms. The monoisotopic (exact) mass is 432 g/mol. The van der Waals surface area contributed by atoms with Crippen molar-refractivity contribution in [2.45, 2.75) is 26.3 Å². The van der Waals surface area contributed by atoms with Crippen molar-refractivity contribution >= 4 is 45.8 Å². The highest BCUT2D eigenvalue weighted by Crippen LogP contribution is 2.28. The van der Waals surface area contributed by atoms with Crippen LogP contribution < -0.4 is 10.9 Å². The van der Waals surface area contributed by atoms with E-state index in [1.165, 1.54) is 4.57 Å². The second-order valence-electron chi connectivity index (χ2n) is 6.62. The van der Waals surface area contributed by atoms with Gasteiger partial charge in [-0.1, -0.05) is 42.3 Å². The number of fused-ring (bicyclic) bond motifs is 1. The van der Waals surface area contributed by atoms with Gasteiger partial charge in [-0.3, -0.25) is 9.36 Å².